The molecule has 1 aromatic rings. The third-order valence-corrected chi connectivity index (χ3v) is 2.58. The highest BCUT2D eigenvalue weighted by Crippen LogP contribution is 2.21. The number of benzene rings is 1. The Labute approximate surface area is 112 Å². The fraction of sp³-hybridized carbons (Fsp3) is 0.462. The number of anilines is 1. The van der Waals surface area contributed by atoms with Crippen LogP contribution in [0.15, 0.2) is 24.3 Å². The van der Waals surface area contributed by atoms with E-state index in [0.29, 0.717) is 12.2 Å². The van der Waals surface area contributed by atoms with Crippen molar-refractivity contribution in [3.8, 4) is 0 Å². The first-order valence-corrected chi connectivity index (χ1v) is 6.04. The van der Waals surface area contributed by atoms with E-state index in [1.54, 1.807) is 21.9 Å². The quantitative estimate of drug-likeness (QED) is 0.602. The molecule has 1 amide bonds. The van der Waals surface area contributed by atoms with E-state index in [2.05, 4.69) is 0 Å². The molecule has 0 bridgehead atoms. The Bertz CT molecular complexity index is 455. The lowest BCUT2D eigenvalue weighted by atomic mass is 10.2. The molecular weight excluding hydrogens is 246 g/mol. The van der Waals surface area contributed by atoms with Crippen LogP contribution in [0, 0.1) is 10.1 Å². The zero-order chi connectivity index (χ0) is 14.6. The Balaban J connectivity index is 2.99. The van der Waals surface area contributed by atoms with Gasteiger partial charge >= 0.3 is 0 Å². The van der Waals surface area contributed by atoms with Gasteiger partial charge in [0.05, 0.1) is 11.5 Å². The number of nitro benzene ring substituents is 1. The van der Waals surface area contributed by atoms with E-state index in [4.69, 9.17) is 0 Å². The summed E-state index contributed by atoms with van der Waals surface area (Å²) in [7, 11) is 3.65. The van der Waals surface area contributed by atoms with Crippen molar-refractivity contribution in [1.29, 1.82) is 0 Å². The number of nitrogens with zero attached hydrogens (tertiary/aromatic N) is 3. The Hall–Kier alpha value is -1.95. The fourth-order valence-electron chi connectivity index (χ4n) is 1.81. The largest absolute Gasteiger partial charge is 0.309 e. The summed E-state index contributed by atoms with van der Waals surface area (Å²) in [6, 6.07) is 6.02. The van der Waals surface area contributed by atoms with Crippen molar-refractivity contribution < 1.29 is 9.72 Å². The second-order valence-electron chi connectivity index (χ2n) is 4.87. The number of amides is 1. The molecule has 19 heavy (non-hydrogen) atoms. The second kappa shape index (κ2) is 6.29. The Morgan fingerprint density at radius 1 is 1.26 bits per heavy atom. The van der Waals surface area contributed by atoms with Crippen molar-refractivity contribution in [2.24, 2.45) is 0 Å². The van der Waals surface area contributed by atoms with Crippen LogP contribution in [0.2, 0.25) is 0 Å². The molecular formula is C13H19N3O3. The number of hydrogen-bond donors (Lipinski definition) is 0. The van der Waals surface area contributed by atoms with Crippen LogP contribution in [0.3, 0.4) is 0 Å². The molecule has 0 spiro atoms. The van der Waals surface area contributed by atoms with Gasteiger partial charge in [0.2, 0.25) is 5.91 Å². The lowest BCUT2D eigenvalue weighted by Crippen LogP contribution is -2.42. The summed E-state index contributed by atoms with van der Waals surface area (Å²) < 4.78 is 0. The average Bonchev–Trinajstić information content (AvgIpc) is 2.28. The molecule has 0 aliphatic carbocycles. The van der Waals surface area contributed by atoms with Crippen LogP contribution in [0.5, 0.6) is 0 Å². The van der Waals surface area contributed by atoms with Crippen LogP contribution in [0.25, 0.3) is 0 Å². The average molecular weight is 265 g/mol. The molecule has 0 radical (unpaired) electrons. The van der Waals surface area contributed by atoms with E-state index in [-0.39, 0.29) is 17.6 Å². The SMILES string of the molecule is CC(C)N(C(=O)CN(C)C)c1ccc([N+](=O)[O-])cc1. The summed E-state index contributed by atoms with van der Waals surface area (Å²) >= 11 is 0. The van der Waals surface area contributed by atoms with Gasteiger partial charge in [-0.1, -0.05) is 0 Å². The summed E-state index contributed by atoms with van der Waals surface area (Å²) in [5.74, 6) is -0.0335. The predicted octanol–water partition coefficient (Wildman–Crippen LogP) is 1.90. The number of likely N-dealkylation sites (N-methyl/N-ethyl adjacent to an activating group) is 1. The van der Waals surface area contributed by atoms with E-state index in [0.717, 1.165) is 0 Å². The van der Waals surface area contributed by atoms with Gasteiger partial charge in [0.25, 0.3) is 5.69 Å². The third-order valence-electron chi connectivity index (χ3n) is 2.58. The van der Waals surface area contributed by atoms with E-state index in [9.17, 15) is 14.9 Å². The van der Waals surface area contributed by atoms with Crippen molar-refractivity contribution in [1.82, 2.24) is 4.90 Å². The highest BCUT2D eigenvalue weighted by Gasteiger charge is 2.20. The topological polar surface area (TPSA) is 66.7 Å². The normalized spacial score (nSPS) is 10.8. The Kier molecular flexibility index (Phi) is 5.00. The number of rotatable bonds is 5. The molecule has 104 valence electrons. The zero-order valence-electron chi connectivity index (χ0n) is 11.7. The molecule has 0 atom stereocenters. The van der Waals surface area contributed by atoms with Gasteiger partial charge in [0, 0.05) is 23.9 Å². The first-order valence-electron chi connectivity index (χ1n) is 6.04. The van der Waals surface area contributed by atoms with Crippen molar-refractivity contribution in [3.05, 3.63) is 34.4 Å². The molecule has 0 aromatic heterocycles. The van der Waals surface area contributed by atoms with Gasteiger partial charge in [0.15, 0.2) is 0 Å². The number of nitro groups is 1. The van der Waals surface area contributed by atoms with Crippen LogP contribution in [-0.4, -0.2) is 42.4 Å². The number of carbonyl (C=O) groups is 1. The van der Waals surface area contributed by atoms with Crippen LogP contribution in [-0.2, 0) is 4.79 Å². The highest BCUT2D eigenvalue weighted by molar-refractivity contribution is 5.95. The maximum atomic E-state index is 12.2. The molecule has 1 rings (SSSR count). The van der Waals surface area contributed by atoms with E-state index >= 15 is 0 Å². The smallest absolute Gasteiger partial charge is 0.269 e. The van der Waals surface area contributed by atoms with Gasteiger partial charge in [-0.2, -0.15) is 0 Å². The van der Waals surface area contributed by atoms with Gasteiger partial charge in [-0.15, -0.1) is 0 Å². The first-order chi connectivity index (χ1) is 8.82. The minimum Gasteiger partial charge on any atom is -0.309 e. The minimum absolute atomic E-state index is 0.00564. The molecule has 6 heteroatoms. The molecule has 6 nitrogen and oxygen atoms in total. The number of non-ortho nitro benzene ring substituents is 1. The summed E-state index contributed by atoms with van der Waals surface area (Å²) in [4.78, 5) is 25.8. The maximum Gasteiger partial charge on any atom is 0.269 e. The fourth-order valence-corrected chi connectivity index (χ4v) is 1.81. The van der Waals surface area contributed by atoms with Gasteiger partial charge in [-0.3, -0.25) is 14.9 Å². The molecule has 1 aromatic carbocycles. The highest BCUT2D eigenvalue weighted by atomic mass is 16.6. The number of hydrogen-bond acceptors (Lipinski definition) is 4. The van der Waals surface area contributed by atoms with Gasteiger partial charge in [0.1, 0.15) is 0 Å². The lowest BCUT2D eigenvalue weighted by Gasteiger charge is -2.28. The zero-order valence-corrected chi connectivity index (χ0v) is 11.7. The minimum atomic E-state index is -0.453. The molecule has 0 saturated heterocycles. The molecule has 0 saturated carbocycles. The van der Waals surface area contributed by atoms with E-state index in [1.165, 1.54) is 12.1 Å². The Morgan fingerprint density at radius 3 is 2.16 bits per heavy atom. The second-order valence-corrected chi connectivity index (χ2v) is 4.87. The Morgan fingerprint density at radius 2 is 1.79 bits per heavy atom. The number of carbonyl (C=O) groups excluding carboxylic acids is 1. The van der Waals surface area contributed by atoms with Crippen LogP contribution >= 0.6 is 0 Å². The van der Waals surface area contributed by atoms with Crippen LogP contribution in [0.1, 0.15) is 13.8 Å². The van der Waals surface area contributed by atoms with Crippen molar-refractivity contribution in [2.75, 3.05) is 25.5 Å². The summed E-state index contributed by atoms with van der Waals surface area (Å²) in [5.41, 5.74) is 0.694. The van der Waals surface area contributed by atoms with Crippen LogP contribution < -0.4 is 4.90 Å². The first kappa shape index (κ1) is 15.1. The molecule has 0 N–H and O–H groups in total. The summed E-state index contributed by atoms with van der Waals surface area (Å²) in [6.45, 7) is 4.12. The lowest BCUT2D eigenvalue weighted by molar-refractivity contribution is -0.384. The van der Waals surface area contributed by atoms with Crippen LogP contribution in [0.4, 0.5) is 11.4 Å². The third kappa shape index (κ3) is 4.03. The van der Waals surface area contributed by atoms with Gasteiger partial charge < -0.3 is 9.80 Å². The van der Waals surface area contributed by atoms with Gasteiger partial charge in [-0.05, 0) is 40.1 Å². The van der Waals surface area contributed by atoms with Crippen molar-refractivity contribution in [3.63, 3.8) is 0 Å². The van der Waals surface area contributed by atoms with E-state index < -0.39 is 4.92 Å². The standard InChI is InChI=1S/C13H19N3O3/c1-10(2)15(13(17)9-14(3)4)11-5-7-12(8-6-11)16(18)19/h5-8,10H,9H2,1-4H3. The molecule has 0 fully saturated rings. The van der Waals surface area contributed by atoms with Crippen molar-refractivity contribution in [2.45, 2.75) is 19.9 Å². The summed E-state index contributed by atoms with van der Waals surface area (Å²) in [6.07, 6.45) is 0. The van der Waals surface area contributed by atoms with E-state index in [1.807, 2.05) is 27.9 Å². The predicted molar refractivity (Wildman–Crippen MR) is 74.3 cm³/mol. The monoisotopic (exact) mass is 265 g/mol. The molecule has 0 aliphatic heterocycles. The summed E-state index contributed by atoms with van der Waals surface area (Å²) in [5, 5.41) is 10.6. The maximum absolute atomic E-state index is 12.2. The van der Waals surface area contributed by atoms with Crippen molar-refractivity contribution >= 4 is 17.3 Å². The molecule has 0 heterocycles. The van der Waals surface area contributed by atoms with Gasteiger partial charge in [-0.25, -0.2) is 0 Å². The molecule has 0 aliphatic rings. The molecule has 0 unspecified atom stereocenters.